The van der Waals surface area contributed by atoms with E-state index >= 15 is 0 Å². The number of hydrogen-bond acceptors (Lipinski definition) is 8. The first kappa shape index (κ1) is 24.2. The van der Waals surface area contributed by atoms with Gasteiger partial charge in [0.05, 0.1) is 11.6 Å². The third kappa shape index (κ3) is 5.08. The van der Waals surface area contributed by atoms with Crippen LogP contribution in [0.5, 0.6) is 11.8 Å². The zero-order valence-electron chi connectivity index (χ0n) is 21.9. The molecule has 4 heterocycles. The number of anilines is 3. The van der Waals surface area contributed by atoms with Gasteiger partial charge in [0.25, 0.3) is 0 Å². The van der Waals surface area contributed by atoms with Crippen molar-refractivity contribution in [3.05, 3.63) is 76.0 Å². The molecule has 1 saturated heterocycles. The van der Waals surface area contributed by atoms with E-state index in [9.17, 15) is 0 Å². The monoisotopic (exact) mass is 539 g/mol. The van der Waals surface area contributed by atoms with Gasteiger partial charge in [0.2, 0.25) is 0 Å². The van der Waals surface area contributed by atoms with Crippen molar-refractivity contribution < 1.29 is 4.74 Å². The number of benzene rings is 1. The number of amidine groups is 1. The van der Waals surface area contributed by atoms with Crippen molar-refractivity contribution >= 4 is 41.0 Å². The number of nitrogens with one attached hydrogen (secondary N) is 1. The van der Waals surface area contributed by atoms with Crippen molar-refractivity contribution in [3.8, 4) is 11.8 Å². The topological polar surface area (TPSA) is 78.8 Å². The lowest BCUT2D eigenvalue weighted by Gasteiger charge is -2.36. The first-order chi connectivity index (χ1) is 19.1. The molecular formula is C30H30ClN7O. The third-order valence-corrected chi connectivity index (χ3v) is 8.07. The number of allylic oxidation sites excluding steroid dienone is 1. The van der Waals surface area contributed by atoms with Crippen molar-refractivity contribution in [1.82, 2.24) is 15.0 Å². The van der Waals surface area contributed by atoms with Crippen molar-refractivity contribution in [2.45, 2.75) is 26.2 Å². The van der Waals surface area contributed by atoms with Crippen molar-refractivity contribution in [2.75, 3.05) is 47.8 Å². The highest BCUT2D eigenvalue weighted by atomic mass is 35.5. The van der Waals surface area contributed by atoms with Crippen LogP contribution in [-0.2, 0) is 6.42 Å². The van der Waals surface area contributed by atoms with Gasteiger partial charge >= 0.3 is 6.01 Å². The number of nitrogens with zero attached hydrogens (tertiary/aromatic N) is 6. The summed E-state index contributed by atoms with van der Waals surface area (Å²) < 4.78 is 6.24. The second kappa shape index (κ2) is 10.0. The highest BCUT2D eigenvalue weighted by Crippen LogP contribution is 2.39. The SMILES string of the molecule is CC1=Cc2c(ccc(Oc3nc(NC4=NCC(C5CC5)=C4)cc(N4CCN(c5ccccn5)CC4)n3)c2Cl)C1. The van der Waals surface area contributed by atoms with E-state index in [-0.39, 0.29) is 6.01 Å². The molecule has 2 fully saturated rings. The summed E-state index contributed by atoms with van der Waals surface area (Å²) in [4.78, 5) is 23.3. The molecule has 0 bridgehead atoms. The van der Waals surface area contributed by atoms with Gasteiger partial charge in [-0.1, -0.05) is 35.4 Å². The summed E-state index contributed by atoms with van der Waals surface area (Å²) in [7, 11) is 0. The molecule has 2 aromatic heterocycles. The van der Waals surface area contributed by atoms with Gasteiger partial charge in [0, 0.05) is 44.0 Å². The lowest BCUT2D eigenvalue weighted by Crippen LogP contribution is -2.47. The fraction of sp³-hybridized carbons (Fsp3) is 0.333. The Bertz CT molecular complexity index is 1510. The van der Waals surface area contributed by atoms with Gasteiger partial charge in [-0.15, -0.1) is 0 Å². The van der Waals surface area contributed by atoms with Crippen LogP contribution in [0, 0.1) is 5.92 Å². The molecule has 1 saturated carbocycles. The Morgan fingerprint density at radius 3 is 2.56 bits per heavy atom. The van der Waals surface area contributed by atoms with E-state index in [0.717, 1.165) is 62.2 Å². The van der Waals surface area contributed by atoms with Gasteiger partial charge in [-0.25, -0.2) is 4.98 Å². The Labute approximate surface area is 233 Å². The summed E-state index contributed by atoms with van der Waals surface area (Å²) in [5, 5.41) is 4.00. The fourth-order valence-corrected chi connectivity index (χ4v) is 5.72. The minimum Gasteiger partial charge on any atom is -0.423 e. The van der Waals surface area contributed by atoms with Crippen LogP contribution in [0.15, 0.2) is 64.8 Å². The number of aliphatic imine (C=N–C) groups is 1. The number of fused-ring (bicyclic) bond motifs is 1. The van der Waals surface area contributed by atoms with E-state index in [1.165, 1.54) is 29.6 Å². The number of rotatable bonds is 6. The Morgan fingerprint density at radius 1 is 0.974 bits per heavy atom. The van der Waals surface area contributed by atoms with Crippen molar-refractivity contribution in [3.63, 3.8) is 0 Å². The van der Waals surface area contributed by atoms with E-state index in [1.807, 2.05) is 30.5 Å². The van der Waals surface area contributed by atoms with E-state index in [1.54, 1.807) is 0 Å². The summed E-state index contributed by atoms with van der Waals surface area (Å²) in [6, 6.07) is 12.2. The Kier molecular flexibility index (Phi) is 6.19. The maximum atomic E-state index is 6.77. The van der Waals surface area contributed by atoms with E-state index < -0.39 is 0 Å². The molecule has 7 rings (SSSR count). The minimum absolute atomic E-state index is 0.257. The zero-order valence-corrected chi connectivity index (χ0v) is 22.7. The van der Waals surface area contributed by atoms with E-state index in [4.69, 9.17) is 31.3 Å². The van der Waals surface area contributed by atoms with Crippen LogP contribution < -0.4 is 19.9 Å². The van der Waals surface area contributed by atoms with Gasteiger partial charge in [-0.3, -0.25) is 4.99 Å². The normalized spacial score (nSPS) is 18.5. The number of piperazine rings is 1. The molecule has 39 heavy (non-hydrogen) atoms. The minimum atomic E-state index is 0.257. The molecule has 0 atom stereocenters. The van der Waals surface area contributed by atoms with Gasteiger partial charge in [0.15, 0.2) is 0 Å². The number of pyridine rings is 1. The first-order valence-electron chi connectivity index (χ1n) is 13.6. The summed E-state index contributed by atoms with van der Waals surface area (Å²) in [5.41, 5.74) is 4.92. The molecule has 1 aromatic carbocycles. The number of hydrogen-bond donors (Lipinski definition) is 1. The van der Waals surface area contributed by atoms with Crippen LogP contribution in [0.25, 0.3) is 6.08 Å². The predicted octanol–water partition coefficient (Wildman–Crippen LogP) is 5.76. The average molecular weight is 540 g/mol. The third-order valence-electron chi connectivity index (χ3n) is 7.68. The number of aromatic nitrogens is 3. The van der Waals surface area contributed by atoms with Gasteiger partial charge < -0.3 is 19.9 Å². The van der Waals surface area contributed by atoms with E-state index in [2.05, 4.69) is 51.3 Å². The molecule has 4 aliphatic rings. The molecule has 9 heteroatoms. The van der Waals surface area contributed by atoms with Crippen LogP contribution in [-0.4, -0.2) is 53.5 Å². The lowest BCUT2D eigenvalue weighted by atomic mass is 10.1. The molecule has 2 aliphatic carbocycles. The molecule has 1 N–H and O–H groups in total. The van der Waals surface area contributed by atoms with Crippen molar-refractivity contribution in [1.29, 1.82) is 0 Å². The summed E-state index contributed by atoms with van der Waals surface area (Å²) in [5.74, 6) is 4.55. The second-order valence-corrected chi connectivity index (χ2v) is 11.0. The highest BCUT2D eigenvalue weighted by Gasteiger charge is 2.28. The molecule has 0 radical (unpaired) electrons. The largest absolute Gasteiger partial charge is 0.423 e. The summed E-state index contributed by atoms with van der Waals surface area (Å²) >= 11 is 6.77. The van der Waals surface area contributed by atoms with Crippen LogP contribution in [0.2, 0.25) is 5.02 Å². The van der Waals surface area contributed by atoms with Crippen LogP contribution >= 0.6 is 11.6 Å². The van der Waals surface area contributed by atoms with Crippen LogP contribution in [0.4, 0.5) is 17.5 Å². The molecule has 0 spiro atoms. The maximum Gasteiger partial charge on any atom is 0.325 e. The van der Waals surface area contributed by atoms with Gasteiger partial charge in [-0.2, -0.15) is 9.97 Å². The smallest absolute Gasteiger partial charge is 0.325 e. The Morgan fingerprint density at radius 2 is 1.79 bits per heavy atom. The molecular weight excluding hydrogens is 510 g/mol. The van der Waals surface area contributed by atoms with Crippen LogP contribution in [0.3, 0.4) is 0 Å². The molecule has 3 aromatic rings. The summed E-state index contributed by atoms with van der Waals surface area (Å²) in [6.07, 6.45) is 9.58. The standard InChI is InChI=1S/C30H30ClN7O/c1-19-14-21-7-8-24(29(31)23(21)15-19)39-30-35-26(34-25-16-22(18-33-25)20-5-6-20)17-28(36-30)38-12-10-37(11-13-38)27-4-2-3-9-32-27/h2-4,7-9,15-17,20H,5-6,10-14,18H2,1H3,(H,33,34,35,36). The van der Waals surface area contributed by atoms with E-state index in [0.29, 0.717) is 22.5 Å². The molecule has 0 unspecified atom stereocenters. The number of halogens is 1. The van der Waals surface area contributed by atoms with Crippen molar-refractivity contribution in [2.24, 2.45) is 10.9 Å². The van der Waals surface area contributed by atoms with Gasteiger partial charge in [-0.05, 0) is 67.5 Å². The summed E-state index contributed by atoms with van der Waals surface area (Å²) in [6.45, 7) is 6.20. The maximum absolute atomic E-state index is 6.77. The number of ether oxygens (including phenoxy) is 1. The highest BCUT2D eigenvalue weighted by molar-refractivity contribution is 6.33. The Hall–Kier alpha value is -3.91. The predicted molar refractivity (Wildman–Crippen MR) is 156 cm³/mol. The quantitative estimate of drug-likeness (QED) is 0.426. The lowest BCUT2D eigenvalue weighted by molar-refractivity contribution is 0.442. The first-order valence-corrected chi connectivity index (χ1v) is 14.0. The zero-order chi connectivity index (χ0) is 26.3. The van der Waals surface area contributed by atoms with Gasteiger partial charge in [0.1, 0.15) is 29.0 Å². The molecule has 0 amide bonds. The molecule has 8 nitrogen and oxygen atoms in total. The second-order valence-electron chi connectivity index (χ2n) is 10.6. The molecule has 198 valence electrons. The molecule has 2 aliphatic heterocycles. The van der Waals surface area contributed by atoms with Crippen LogP contribution in [0.1, 0.15) is 30.9 Å². The average Bonchev–Trinajstić information content (AvgIpc) is 3.58. The fourth-order valence-electron chi connectivity index (χ4n) is 5.44. The Balaban J connectivity index is 1.16.